The molecule has 0 saturated heterocycles. The maximum atomic E-state index is 12.1. The Morgan fingerprint density at radius 1 is 0.756 bits per heavy atom. The summed E-state index contributed by atoms with van der Waals surface area (Å²) in [7, 11) is -15.0. The second-order valence-electron chi connectivity index (χ2n) is 14.9. The molecule has 4 saturated carbocycles. The average molecular weight is 699 g/mol. The lowest BCUT2D eigenvalue weighted by Gasteiger charge is -2.63. The minimum absolute atomic E-state index is 0.0396. The van der Waals surface area contributed by atoms with Gasteiger partial charge in [0.25, 0.3) is 0 Å². The van der Waals surface area contributed by atoms with E-state index >= 15 is 0 Å². The molecule has 0 amide bonds. The maximum absolute atomic E-state index is 12.1. The van der Waals surface area contributed by atoms with E-state index in [1.807, 2.05) is 13.8 Å². The fourth-order valence-electron chi connectivity index (χ4n) is 10.3. The molecular weight excluding hydrogens is 649 g/mol. The zero-order valence-corrected chi connectivity index (χ0v) is 29.4. The Morgan fingerprint density at radius 3 is 1.82 bits per heavy atom. The quantitative estimate of drug-likeness (QED) is 0.182. The predicted molar refractivity (Wildman–Crippen MR) is 167 cm³/mol. The van der Waals surface area contributed by atoms with Crippen molar-refractivity contribution in [3.63, 3.8) is 0 Å². The lowest BCUT2D eigenvalue weighted by Crippen LogP contribution is -2.62. The van der Waals surface area contributed by atoms with Gasteiger partial charge in [0.05, 0.1) is 6.10 Å². The van der Waals surface area contributed by atoms with Gasteiger partial charge in [-0.05, 0) is 110 Å². The van der Waals surface area contributed by atoms with Gasteiger partial charge in [-0.2, -0.15) is 25.3 Å². The summed E-state index contributed by atoms with van der Waals surface area (Å²) in [4.78, 5) is 0. The lowest BCUT2D eigenvalue weighted by atomic mass is 9.43. The molecule has 0 bridgehead atoms. The molecule has 0 unspecified atom stereocenters. The van der Waals surface area contributed by atoms with E-state index in [1.165, 1.54) is 0 Å². The molecule has 0 aromatic heterocycles. The summed E-state index contributed by atoms with van der Waals surface area (Å²) in [5, 5.41) is 0. The summed E-state index contributed by atoms with van der Waals surface area (Å²) >= 11 is 0. The van der Waals surface area contributed by atoms with E-state index in [9.17, 15) is 38.9 Å². The standard InChI is InChI=1S/C30H50O12S3/c1-17(2)20(18(3)4)9-8-19(5)22-10-11-23-21-14-26(40-43(31,32)33)25-15-27(41-44(34,35)36)28(42-45(37,38)39)16-30(25,7)24(21)12-13-29(22,23)6/h8-9,18-28H,1,10-16H2,2-7H3,(H,31,32,33)(H,34,35,36)(H,37,38,39)/b9-8-/t19-,20+,21-,22+,23-,24-,25+,26-,27-,28-,29+,30+/m0/s1. The molecule has 12 nitrogen and oxygen atoms in total. The Bertz CT molecular complexity index is 1470. The van der Waals surface area contributed by atoms with Crippen LogP contribution in [0.2, 0.25) is 0 Å². The Hall–Kier alpha value is -0.910. The van der Waals surface area contributed by atoms with Crippen LogP contribution in [0.3, 0.4) is 0 Å². The lowest BCUT2D eigenvalue weighted by molar-refractivity contribution is -0.183. The zero-order chi connectivity index (χ0) is 33.9. The number of hydrogen-bond acceptors (Lipinski definition) is 9. The summed E-state index contributed by atoms with van der Waals surface area (Å²) < 4.78 is 115. The molecule has 4 rings (SSSR count). The van der Waals surface area contributed by atoms with Crippen molar-refractivity contribution in [3.8, 4) is 0 Å². The van der Waals surface area contributed by atoms with Gasteiger partial charge in [0, 0.05) is 0 Å². The van der Waals surface area contributed by atoms with Crippen LogP contribution >= 0.6 is 0 Å². The molecule has 0 spiro atoms. The Morgan fingerprint density at radius 2 is 1.29 bits per heavy atom. The van der Waals surface area contributed by atoms with E-state index in [0.29, 0.717) is 11.8 Å². The fourth-order valence-corrected chi connectivity index (χ4v) is 11.9. The first-order valence-electron chi connectivity index (χ1n) is 15.8. The molecule has 15 heteroatoms. The zero-order valence-electron chi connectivity index (χ0n) is 26.9. The van der Waals surface area contributed by atoms with E-state index in [2.05, 4.69) is 46.4 Å². The third-order valence-electron chi connectivity index (χ3n) is 12.0. The minimum atomic E-state index is -5.08. The minimum Gasteiger partial charge on any atom is -0.264 e. The molecule has 4 aliphatic carbocycles. The van der Waals surface area contributed by atoms with Gasteiger partial charge in [-0.1, -0.05) is 58.9 Å². The van der Waals surface area contributed by atoms with Crippen molar-refractivity contribution in [1.29, 1.82) is 0 Å². The summed E-state index contributed by atoms with van der Waals surface area (Å²) in [6.45, 7) is 17.0. The van der Waals surface area contributed by atoms with Gasteiger partial charge in [0.15, 0.2) is 0 Å². The molecule has 0 aromatic rings. The molecule has 0 heterocycles. The highest BCUT2D eigenvalue weighted by Gasteiger charge is 2.65. The van der Waals surface area contributed by atoms with Crippen LogP contribution in [0.5, 0.6) is 0 Å². The smallest absolute Gasteiger partial charge is 0.264 e. The highest BCUT2D eigenvalue weighted by Crippen LogP contribution is 2.69. The topological polar surface area (TPSA) is 191 Å². The van der Waals surface area contributed by atoms with Crippen LogP contribution in [0.4, 0.5) is 0 Å². The van der Waals surface area contributed by atoms with Crippen molar-refractivity contribution >= 4 is 31.2 Å². The second-order valence-corrected chi connectivity index (χ2v) is 18.1. The normalized spacial score (nSPS) is 40.5. The van der Waals surface area contributed by atoms with Crippen LogP contribution in [-0.4, -0.2) is 57.2 Å². The Labute approximate surface area is 269 Å². The van der Waals surface area contributed by atoms with E-state index < -0.39 is 60.8 Å². The van der Waals surface area contributed by atoms with Crippen LogP contribution in [0.1, 0.15) is 86.5 Å². The van der Waals surface area contributed by atoms with Crippen molar-refractivity contribution in [3.05, 3.63) is 24.3 Å². The predicted octanol–water partition coefficient (Wildman–Crippen LogP) is 5.47. The molecule has 4 aliphatic rings. The number of hydrogen-bond donors (Lipinski definition) is 3. The molecule has 4 fully saturated rings. The van der Waals surface area contributed by atoms with E-state index in [1.54, 1.807) is 0 Å². The van der Waals surface area contributed by atoms with Gasteiger partial charge in [0.2, 0.25) is 0 Å². The third kappa shape index (κ3) is 8.05. The fraction of sp³-hybridized carbons (Fsp3) is 0.867. The summed E-state index contributed by atoms with van der Waals surface area (Å²) in [5.41, 5.74) is 0.208. The van der Waals surface area contributed by atoms with Crippen molar-refractivity contribution in [2.24, 2.45) is 58.2 Å². The van der Waals surface area contributed by atoms with Crippen LogP contribution in [0, 0.1) is 58.2 Å². The van der Waals surface area contributed by atoms with Crippen LogP contribution < -0.4 is 0 Å². The van der Waals surface area contributed by atoms with E-state index in [-0.39, 0.29) is 54.3 Å². The molecular formula is C30H50O12S3. The molecule has 45 heavy (non-hydrogen) atoms. The van der Waals surface area contributed by atoms with Gasteiger partial charge in [-0.25, -0.2) is 12.5 Å². The van der Waals surface area contributed by atoms with Gasteiger partial charge < -0.3 is 0 Å². The first-order chi connectivity index (χ1) is 20.4. The van der Waals surface area contributed by atoms with Gasteiger partial charge >= 0.3 is 31.2 Å². The largest absolute Gasteiger partial charge is 0.397 e. The Balaban J connectivity index is 1.69. The summed E-state index contributed by atoms with van der Waals surface area (Å²) in [5.74, 6) is 0.772. The third-order valence-corrected chi connectivity index (χ3v) is 13.5. The van der Waals surface area contributed by atoms with Gasteiger partial charge in [0.1, 0.15) is 12.2 Å². The van der Waals surface area contributed by atoms with Crippen LogP contribution in [0.15, 0.2) is 24.3 Å². The molecule has 260 valence electrons. The molecule has 0 radical (unpaired) electrons. The van der Waals surface area contributed by atoms with Crippen molar-refractivity contribution < 1.29 is 51.5 Å². The van der Waals surface area contributed by atoms with Crippen molar-refractivity contribution in [1.82, 2.24) is 0 Å². The highest BCUT2D eigenvalue weighted by molar-refractivity contribution is 7.81. The summed E-state index contributed by atoms with van der Waals surface area (Å²) in [6, 6.07) is 0. The number of allylic oxidation sites excluding steroid dienone is 3. The van der Waals surface area contributed by atoms with Crippen LogP contribution in [0.25, 0.3) is 0 Å². The number of fused-ring (bicyclic) bond motifs is 5. The highest BCUT2D eigenvalue weighted by atomic mass is 32.3. The Kier molecular flexibility index (Phi) is 10.5. The molecule has 0 aliphatic heterocycles. The molecule has 12 atom stereocenters. The molecule has 3 N–H and O–H groups in total. The molecule has 0 aromatic carbocycles. The van der Waals surface area contributed by atoms with Crippen LogP contribution in [-0.2, 0) is 43.7 Å². The maximum Gasteiger partial charge on any atom is 0.397 e. The number of rotatable bonds is 11. The first kappa shape index (κ1) is 36.9. The van der Waals surface area contributed by atoms with Crippen molar-refractivity contribution in [2.45, 2.75) is 105 Å². The van der Waals surface area contributed by atoms with E-state index in [4.69, 9.17) is 12.5 Å². The van der Waals surface area contributed by atoms with Crippen molar-refractivity contribution in [2.75, 3.05) is 0 Å². The first-order valence-corrected chi connectivity index (χ1v) is 19.9. The summed E-state index contributed by atoms with van der Waals surface area (Å²) in [6.07, 6.45) is 3.91. The van der Waals surface area contributed by atoms with Gasteiger partial charge in [-0.3, -0.25) is 13.7 Å². The second kappa shape index (κ2) is 12.8. The average Bonchev–Trinajstić information content (AvgIpc) is 3.19. The van der Waals surface area contributed by atoms with E-state index in [0.717, 1.165) is 31.3 Å². The SMILES string of the molecule is C=C(C)[C@@H](/C=C\[C@H](C)[C@H]1CC[C@H]2[C@@H]3C[C@H](OS(=O)(=O)O)[C@H]4C[C@H](OS(=O)(=O)O)[C@@H](OS(=O)(=O)O)C[C@]4(C)[C@H]3CC[C@]12C)C(C)C. The van der Waals surface area contributed by atoms with Gasteiger partial charge in [-0.15, -0.1) is 0 Å². The monoisotopic (exact) mass is 698 g/mol.